The molecule has 204 valence electrons. The Bertz CT molecular complexity index is 1520. The van der Waals surface area contributed by atoms with Crippen molar-refractivity contribution in [3.05, 3.63) is 108 Å². The number of benzene rings is 3. The summed E-state index contributed by atoms with van der Waals surface area (Å²) < 4.78 is 7.81. The van der Waals surface area contributed by atoms with E-state index in [2.05, 4.69) is 54.4 Å². The van der Waals surface area contributed by atoms with E-state index in [9.17, 15) is 9.59 Å². The number of carbonyl (C=O) groups is 2. The monoisotopic (exact) mass is 534 g/mol. The first-order valence-corrected chi connectivity index (χ1v) is 13.9. The molecule has 2 heterocycles. The summed E-state index contributed by atoms with van der Waals surface area (Å²) in [5.41, 5.74) is 4.37. The highest BCUT2D eigenvalue weighted by atomic mass is 16.5. The Hall–Kier alpha value is -4.10. The molecule has 0 amide bonds. The fraction of sp³-hybridized carbons (Fsp3) is 0.333. The first-order chi connectivity index (χ1) is 19.3. The van der Waals surface area contributed by atoms with Gasteiger partial charge in [-0.15, -0.1) is 0 Å². The molecule has 2 aliphatic rings. The SMILES string of the molecule is CC(C)(C)c1ccc(Oc2cccc([C@H]3CC(=O)[C@H]([C@H]4NCCc5ccccc54)C(=O)[C@@H]3n3cncn3)c2)cc1. The van der Waals surface area contributed by atoms with Gasteiger partial charge < -0.3 is 10.1 Å². The molecular formula is C33H34N4O3. The van der Waals surface area contributed by atoms with Gasteiger partial charge in [0.1, 0.15) is 36.0 Å². The number of nitrogens with zero attached hydrogens (tertiary/aromatic N) is 3. The molecule has 1 N–H and O–H groups in total. The van der Waals surface area contributed by atoms with E-state index in [1.54, 1.807) is 11.0 Å². The molecule has 0 bridgehead atoms. The van der Waals surface area contributed by atoms with Gasteiger partial charge in [0, 0.05) is 18.4 Å². The number of Topliss-reactive ketones (excluding diaryl/α,β-unsaturated/α-hetero) is 2. The van der Waals surface area contributed by atoms with Gasteiger partial charge in [0.25, 0.3) is 0 Å². The van der Waals surface area contributed by atoms with Crippen LogP contribution in [0.15, 0.2) is 85.5 Å². The molecule has 7 heteroatoms. The molecule has 0 unspecified atom stereocenters. The van der Waals surface area contributed by atoms with E-state index in [0.717, 1.165) is 29.8 Å². The van der Waals surface area contributed by atoms with Crippen molar-refractivity contribution in [2.75, 3.05) is 6.54 Å². The van der Waals surface area contributed by atoms with E-state index in [-0.39, 0.29) is 35.4 Å². The van der Waals surface area contributed by atoms with Crippen LogP contribution in [0, 0.1) is 5.92 Å². The summed E-state index contributed by atoms with van der Waals surface area (Å²) in [4.78, 5) is 32.1. The Morgan fingerprint density at radius 2 is 1.75 bits per heavy atom. The number of nitrogens with one attached hydrogen (secondary N) is 1. The highest BCUT2D eigenvalue weighted by Crippen LogP contribution is 2.44. The Kier molecular flexibility index (Phi) is 6.84. The van der Waals surface area contributed by atoms with E-state index >= 15 is 0 Å². The third-order valence-electron chi connectivity index (χ3n) is 8.19. The standard InChI is InChI=1S/C33H34N4O3/c1-33(2,3)23-11-13-24(14-12-23)40-25-9-6-8-22(17-25)27-18-28(38)29(32(39)31(27)37-20-34-19-36-37)30-26-10-5-4-7-21(26)15-16-35-30/h4-14,17,19-20,27,29-31,35H,15-16,18H2,1-3H3/t27-,29-,30+,31-/m1/s1. The fourth-order valence-electron chi connectivity index (χ4n) is 6.13. The number of fused-ring (bicyclic) bond motifs is 1. The van der Waals surface area contributed by atoms with Crippen LogP contribution in [0.2, 0.25) is 0 Å². The lowest BCUT2D eigenvalue weighted by Crippen LogP contribution is -2.48. The summed E-state index contributed by atoms with van der Waals surface area (Å²) in [6.07, 6.45) is 4.11. The van der Waals surface area contributed by atoms with Gasteiger partial charge in [0.2, 0.25) is 0 Å². The van der Waals surface area contributed by atoms with E-state index in [0.29, 0.717) is 5.75 Å². The zero-order chi connectivity index (χ0) is 27.9. The molecule has 1 fully saturated rings. The van der Waals surface area contributed by atoms with Crippen molar-refractivity contribution in [2.24, 2.45) is 5.92 Å². The molecule has 3 aromatic carbocycles. The first-order valence-electron chi connectivity index (χ1n) is 13.9. The Balaban J connectivity index is 1.31. The van der Waals surface area contributed by atoms with Crippen molar-refractivity contribution in [1.82, 2.24) is 20.1 Å². The van der Waals surface area contributed by atoms with E-state index in [4.69, 9.17) is 4.74 Å². The predicted octanol–water partition coefficient (Wildman–Crippen LogP) is 5.74. The zero-order valence-corrected chi connectivity index (χ0v) is 23.1. The van der Waals surface area contributed by atoms with Crippen LogP contribution >= 0.6 is 0 Å². The van der Waals surface area contributed by atoms with Crippen LogP contribution < -0.4 is 10.1 Å². The molecule has 0 radical (unpaired) electrons. The second-order valence-corrected chi connectivity index (χ2v) is 11.8. The third kappa shape index (κ3) is 4.97. The normalized spacial score (nSPS) is 23.1. The van der Waals surface area contributed by atoms with Crippen LogP contribution in [0.3, 0.4) is 0 Å². The van der Waals surface area contributed by atoms with Crippen LogP contribution in [0.5, 0.6) is 11.5 Å². The van der Waals surface area contributed by atoms with Crippen LogP contribution in [0.1, 0.15) is 67.4 Å². The van der Waals surface area contributed by atoms with Gasteiger partial charge in [-0.1, -0.05) is 69.3 Å². The minimum atomic E-state index is -0.785. The van der Waals surface area contributed by atoms with Crippen molar-refractivity contribution < 1.29 is 14.3 Å². The summed E-state index contributed by atoms with van der Waals surface area (Å²) in [5, 5.41) is 7.82. The average molecular weight is 535 g/mol. The molecular weight excluding hydrogens is 500 g/mol. The summed E-state index contributed by atoms with van der Waals surface area (Å²) in [7, 11) is 0. The highest BCUT2D eigenvalue weighted by Gasteiger charge is 2.49. The number of ketones is 2. The van der Waals surface area contributed by atoms with Crippen LogP contribution in [0.25, 0.3) is 0 Å². The zero-order valence-electron chi connectivity index (χ0n) is 23.1. The van der Waals surface area contributed by atoms with Crippen molar-refractivity contribution in [3.63, 3.8) is 0 Å². The molecule has 0 saturated heterocycles. The number of carbonyl (C=O) groups excluding carboxylic acids is 2. The largest absolute Gasteiger partial charge is 0.457 e. The smallest absolute Gasteiger partial charge is 0.170 e. The molecule has 4 aromatic rings. The van der Waals surface area contributed by atoms with Gasteiger partial charge in [-0.2, -0.15) is 5.10 Å². The van der Waals surface area contributed by atoms with Gasteiger partial charge in [-0.25, -0.2) is 9.67 Å². The number of ether oxygens (including phenoxy) is 1. The first kappa shape index (κ1) is 26.1. The van der Waals surface area contributed by atoms with Crippen molar-refractivity contribution >= 4 is 11.6 Å². The van der Waals surface area contributed by atoms with Crippen molar-refractivity contribution in [1.29, 1.82) is 0 Å². The molecule has 40 heavy (non-hydrogen) atoms. The molecule has 1 aromatic heterocycles. The highest BCUT2D eigenvalue weighted by molar-refractivity contribution is 6.08. The maximum atomic E-state index is 14.2. The molecule has 7 nitrogen and oxygen atoms in total. The quantitative estimate of drug-likeness (QED) is 0.329. The predicted molar refractivity (Wildman–Crippen MR) is 152 cm³/mol. The van der Waals surface area contributed by atoms with Gasteiger partial charge in [0.05, 0.1) is 5.92 Å². The van der Waals surface area contributed by atoms with Crippen LogP contribution in [-0.4, -0.2) is 32.9 Å². The number of hydrogen-bond acceptors (Lipinski definition) is 6. The summed E-state index contributed by atoms with van der Waals surface area (Å²) in [6, 6.07) is 22.9. The summed E-state index contributed by atoms with van der Waals surface area (Å²) >= 11 is 0. The van der Waals surface area contributed by atoms with E-state index in [1.807, 2.05) is 54.6 Å². The Morgan fingerprint density at radius 1 is 0.950 bits per heavy atom. The second-order valence-electron chi connectivity index (χ2n) is 11.8. The molecule has 6 rings (SSSR count). The third-order valence-corrected chi connectivity index (χ3v) is 8.19. The lowest BCUT2D eigenvalue weighted by molar-refractivity contribution is -0.141. The van der Waals surface area contributed by atoms with Gasteiger partial charge in [-0.05, 0) is 64.9 Å². The minimum Gasteiger partial charge on any atom is -0.457 e. The Labute approximate surface area is 234 Å². The molecule has 1 aliphatic carbocycles. The maximum Gasteiger partial charge on any atom is 0.170 e. The lowest BCUT2D eigenvalue weighted by Gasteiger charge is -2.39. The fourth-order valence-corrected chi connectivity index (χ4v) is 6.13. The van der Waals surface area contributed by atoms with Crippen molar-refractivity contribution in [2.45, 2.75) is 57.0 Å². The van der Waals surface area contributed by atoms with Crippen LogP contribution in [0.4, 0.5) is 0 Å². The molecule has 1 saturated carbocycles. The number of aromatic nitrogens is 3. The summed E-state index contributed by atoms with van der Waals surface area (Å²) in [5.74, 6) is 0.0325. The number of hydrogen-bond donors (Lipinski definition) is 1. The summed E-state index contributed by atoms with van der Waals surface area (Å²) in [6.45, 7) is 7.27. The van der Waals surface area contributed by atoms with Gasteiger partial charge in [-0.3, -0.25) is 9.59 Å². The molecule has 4 atom stereocenters. The maximum absolute atomic E-state index is 14.2. The van der Waals surface area contributed by atoms with Gasteiger partial charge in [0.15, 0.2) is 5.78 Å². The Morgan fingerprint density at radius 3 is 2.50 bits per heavy atom. The van der Waals surface area contributed by atoms with Crippen molar-refractivity contribution in [3.8, 4) is 11.5 Å². The van der Waals surface area contributed by atoms with E-state index < -0.39 is 12.0 Å². The number of rotatable bonds is 5. The molecule has 1 aliphatic heterocycles. The average Bonchev–Trinajstić information content (AvgIpc) is 3.47. The molecule has 0 spiro atoms. The second kappa shape index (κ2) is 10.5. The minimum absolute atomic E-state index is 0.0512. The van der Waals surface area contributed by atoms with E-state index in [1.165, 1.54) is 17.5 Å². The lowest BCUT2D eigenvalue weighted by atomic mass is 9.69. The van der Waals surface area contributed by atoms with Gasteiger partial charge >= 0.3 is 0 Å². The topological polar surface area (TPSA) is 86.1 Å². The van der Waals surface area contributed by atoms with Crippen LogP contribution in [-0.2, 0) is 21.4 Å².